The highest BCUT2D eigenvalue weighted by molar-refractivity contribution is 6.20. The van der Waals surface area contributed by atoms with Gasteiger partial charge in [0.1, 0.15) is 5.60 Å². The number of hydrogen-bond donors (Lipinski definition) is 0. The van der Waals surface area contributed by atoms with Crippen LogP contribution in [0.2, 0.25) is 0 Å². The highest BCUT2D eigenvalue weighted by Crippen LogP contribution is 2.47. The average molecular weight is 331 g/mol. The van der Waals surface area contributed by atoms with Crippen LogP contribution in [-0.2, 0) is 24.6 Å². The van der Waals surface area contributed by atoms with E-state index in [1.165, 1.54) is 7.11 Å². The molecule has 1 aromatic rings. The molecule has 0 saturated carbocycles. The summed E-state index contributed by atoms with van der Waals surface area (Å²) in [7, 11) is 1.50. The van der Waals surface area contributed by atoms with Crippen LogP contribution in [0, 0.1) is 0 Å². The summed E-state index contributed by atoms with van der Waals surface area (Å²) in [4.78, 5) is 26.8. The van der Waals surface area contributed by atoms with Crippen LogP contribution < -0.4 is 4.90 Å². The lowest BCUT2D eigenvalue weighted by molar-refractivity contribution is -0.190. The SMILES string of the molecule is COC1C=CCC2(O1)C(=O)N(C(=O)OC(C)(C)C)c1ccccc12. The lowest BCUT2D eigenvalue weighted by Gasteiger charge is -2.33. The van der Waals surface area contributed by atoms with Gasteiger partial charge in [0, 0.05) is 19.1 Å². The van der Waals surface area contributed by atoms with E-state index in [2.05, 4.69) is 0 Å². The molecule has 2 heterocycles. The Morgan fingerprint density at radius 2 is 2.04 bits per heavy atom. The van der Waals surface area contributed by atoms with Gasteiger partial charge in [-0.05, 0) is 32.9 Å². The van der Waals surface area contributed by atoms with Crippen molar-refractivity contribution in [3.05, 3.63) is 42.0 Å². The molecule has 24 heavy (non-hydrogen) atoms. The van der Waals surface area contributed by atoms with Gasteiger partial charge in [-0.3, -0.25) is 4.79 Å². The van der Waals surface area contributed by atoms with Crippen molar-refractivity contribution in [2.24, 2.45) is 0 Å². The molecular formula is C18H21NO5. The lowest BCUT2D eigenvalue weighted by Crippen LogP contribution is -2.48. The molecule has 2 aliphatic rings. The monoisotopic (exact) mass is 331 g/mol. The number of para-hydroxylation sites is 1. The number of nitrogens with zero attached hydrogens (tertiary/aromatic N) is 1. The van der Waals surface area contributed by atoms with Crippen LogP contribution in [0.1, 0.15) is 32.8 Å². The van der Waals surface area contributed by atoms with Crippen molar-refractivity contribution in [3.8, 4) is 0 Å². The minimum atomic E-state index is -1.26. The number of rotatable bonds is 1. The second kappa shape index (κ2) is 5.72. The third kappa shape index (κ3) is 2.61. The summed E-state index contributed by atoms with van der Waals surface area (Å²) in [5.41, 5.74) is -0.831. The Labute approximate surface area is 141 Å². The minimum Gasteiger partial charge on any atom is -0.443 e. The number of methoxy groups -OCH3 is 1. The third-order valence-electron chi connectivity index (χ3n) is 3.95. The first kappa shape index (κ1) is 16.7. The molecule has 2 aliphatic heterocycles. The number of anilines is 1. The Hall–Kier alpha value is -2.18. The van der Waals surface area contributed by atoms with Crippen molar-refractivity contribution in [3.63, 3.8) is 0 Å². The summed E-state index contributed by atoms with van der Waals surface area (Å²) < 4.78 is 16.5. The van der Waals surface area contributed by atoms with Gasteiger partial charge in [-0.25, -0.2) is 9.69 Å². The number of carbonyl (C=O) groups excluding carboxylic acids is 2. The molecule has 0 radical (unpaired) electrons. The maximum atomic E-state index is 13.1. The van der Waals surface area contributed by atoms with Crippen LogP contribution in [0.5, 0.6) is 0 Å². The number of amides is 2. The van der Waals surface area contributed by atoms with Gasteiger partial charge in [0.25, 0.3) is 5.91 Å². The molecule has 0 saturated heterocycles. The highest BCUT2D eigenvalue weighted by atomic mass is 16.7. The zero-order valence-electron chi connectivity index (χ0n) is 14.2. The number of carbonyl (C=O) groups is 2. The van der Waals surface area contributed by atoms with Gasteiger partial charge in [0.15, 0.2) is 11.9 Å². The molecular weight excluding hydrogens is 310 g/mol. The van der Waals surface area contributed by atoms with Crippen LogP contribution in [0.15, 0.2) is 36.4 Å². The van der Waals surface area contributed by atoms with Crippen molar-refractivity contribution in [2.75, 3.05) is 12.0 Å². The normalized spacial score (nSPS) is 25.9. The average Bonchev–Trinajstić information content (AvgIpc) is 2.75. The largest absolute Gasteiger partial charge is 0.443 e. The van der Waals surface area contributed by atoms with E-state index in [0.717, 1.165) is 4.90 Å². The van der Waals surface area contributed by atoms with Gasteiger partial charge >= 0.3 is 6.09 Å². The maximum Gasteiger partial charge on any atom is 0.421 e. The van der Waals surface area contributed by atoms with Crippen LogP contribution in [0.3, 0.4) is 0 Å². The van der Waals surface area contributed by atoms with Crippen LogP contribution in [0.25, 0.3) is 0 Å². The van der Waals surface area contributed by atoms with E-state index in [0.29, 0.717) is 17.7 Å². The smallest absolute Gasteiger partial charge is 0.421 e. The second-order valence-electron chi connectivity index (χ2n) is 6.82. The van der Waals surface area contributed by atoms with Crippen molar-refractivity contribution < 1.29 is 23.8 Å². The second-order valence-corrected chi connectivity index (χ2v) is 6.82. The van der Waals surface area contributed by atoms with Crippen molar-refractivity contribution in [2.45, 2.75) is 44.7 Å². The van der Waals surface area contributed by atoms with Crippen molar-refractivity contribution in [1.82, 2.24) is 0 Å². The topological polar surface area (TPSA) is 65.1 Å². The summed E-state index contributed by atoms with van der Waals surface area (Å²) in [5, 5.41) is 0. The Morgan fingerprint density at radius 3 is 2.71 bits per heavy atom. The van der Waals surface area contributed by atoms with E-state index in [1.807, 2.05) is 12.1 Å². The van der Waals surface area contributed by atoms with Gasteiger partial charge in [0.2, 0.25) is 0 Å². The Bertz CT molecular complexity index is 706. The number of fused-ring (bicyclic) bond motifs is 2. The third-order valence-corrected chi connectivity index (χ3v) is 3.95. The Balaban J connectivity index is 2.05. The van der Waals surface area contributed by atoms with E-state index < -0.39 is 29.5 Å². The number of imide groups is 1. The lowest BCUT2D eigenvalue weighted by atomic mass is 9.90. The van der Waals surface area contributed by atoms with Gasteiger partial charge in [-0.2, -0.15) is 0 Å². The highest BCUT2D eigenvalue weighted by Gasteiger charge is 2.56. The van der Waals surface area contributed by atoms with Crippen molar-refractivity contribution in [1.29, 1.82) is 0 Å². The fraction of sp³-hybridized carbons (Fsp3) is 0.444. The summed E-state index contributed by atoms with van der Waals surface area (Å²) >= 11 is 0. The van der Waals surface area contributed by atoms with Crippen LogP contribution in [0.4, 0.5) is 10.5 Å². The number of ether oxygens (including phenoxy) is 3. The van der Waals surface area contributed by atoms with Crippen LogP contribution >= 0.6 is 0 Å². The molecule has 6 nitrogen and oxygen atoms in total. The number of benzene rings is 1. The molecule has 2 atom stereocenters. The van der Waals surface area contributed by atoms with E-state index in [4.69, 9.17) is 14.2 Å². The predicted molar refractivity (Wildman–Crippen MR) is 87.5 cm³/mol. The van der Waals surface area contributed by atoms with Gasteiger partial charge in [-0.1, -0.05) is 24.3 Å². The molecule has 6 heteroatoms. The molecule has 1 spiro atoms. The van der Waals surface area contributed by atoms with Crippen LogP contribution in [-0.4, -0.2) is 31.0 Å². The van der Waals surface area contributed by atoms with Gasteiger partial charge < -0.3 is 14.2 Å². The molecule has 0 aliphatic carbocycles. The van der Waals surface area contributed by atoms with Gasteiger partial charge in [0.05, 0.1) is 5.69 Å². The summed E-state index contributed by atoms with van der Waals surface area (Å²) in [6.45, 7) is 5.27. The molecule has 0 fully saturated rings. The summed E-state index contributed by atoms with van der Waals surface area (Å²) in [6, 6.07) is 7.10. The molecule has 3 rings (SSSR count). The molecule has 0 aromatic heterocycles. The first-order valence-electron chi connectivity index (χ1n) is 7.83. The summed E-state index contributed by atoms with van der Waals surface area (Å²) in [6.07, 6.45) is 2.57. The Kier molecular flexibility index (Phi) is 3.97. The molecule has 1 aromatic carbocycles. The first-order valence-corrected chi connectivity index (χ1v) is 7.83. The van der Waals surface area contributed by atoms with Gasteiger partial charge in [-0.15, -0.1) is 0 Å². The molecule has 0 N–H and O–H groups in total. The maximum absolute atomic E-state index is 13.1. The fourth-order valence-electron chi connectivity index (χ4n) is 2.97. The zero-order chi connectivity index (χ0) is 17.5. The first-order chi connectivity index (χ1) is 11.3. The zero-order valence-corrected chi connectivity index (χ0v) is 14.2. The van der Waals surface area contributed by atoms with E-state index in [1.54, 1.807) is 45.0 Å². The van der Waals surface area contributed by atoms with Crippen molar-refractivity contribution >= 4 is 17.7 Å². The molecule has 0 bridgehead atoms. The standard InChI is InChI=1S/C18H21NO5/c1-17(2,3)24-16(21)19-13-9-6-5-8-12(13)18(15(19)20)11-7-10-14(22-4)23-18/h5-10,14H,11H2,1-4H3. The quantitative estimate of drug-likeness (QED) is 0.740. The fourth-order valence-corrected chi connectivity index (χ4v) is 2.97. The predicted octanol–water partition coefficient (Wildman–Crippen LogP) is 3.11. The summed E-state index contributed by atoms with van der Waals surface area (Å²) in [5.74, 6) is -0.454. The molecule has 2 amide bonds. The number of hydrogen-bond acceptors (Lipinski definition) is 5. The molecule has 128 valence electrons. The van der Waals surface area contributed by atoms with E-state index in [-0.39, 0.29) is 0 Å². The Morgan fingerprint density at radius 1 is 1.33 bits per heavy atom. The van der Waals surface area contributed by atoms with E-state index in [9.17, 15) is 9.59 Å². The minimum absolute atomic E-state index is 0.335. The van der Waals surface area contributed by atoms with E-state index >= 15 is 0 Å². The molecule has 2 unspecified atom stereocenters.